The van der Waals surface area contributed by atoms with Gasteiger partial charge in [0.2, 0.25) is 10.0 Å². The van der Waals surface area contributed by atoms with Crippen LogP contribution >= 0.6 is 11.3 Å². The predicted octanol–water partition coefficient (Wildman–Crippen LogP) is 2.43. The number of benzene rings is 1. The van der Waals surface area contributed by atoms with E-state index in [1.54, 1.807) is 23.5 Å². The van der Waals surface area contributed by atoms with E-state index in [-0.39, 0.29) is 4.90 Å². The van der Waals surface area contributed by atoms with Gasteiger partial charge in [0.15, 0.2) is 0 Å². The largest absolute Gasteiger partial charge is 0.399 e. The Morgan fingerprint density at radius 1 is 1.26 bits per heavy atom. The second kappa shape index (κ2) is 5.32. The van der Waals surface area contributed by atoms with Crippen LogP contribution < -0.4 is 10.5 Å². The van der Waals surface area contributed by atoms with Crippen LogP contribution in [0.1, 0.15) is 16.0 Å². The molecule has 1 heterocycles. The molecular formula is C13H16N2O2S2. The molecule has 0 spiro atoms. The highest BCUT2D eigenvalue weighted by atomic mass is 32.2. The molecule has 0 amide bonds. The lowest BCUT2D eigenvalue weighted by molar-refractivity contribution is 0.581. The minimum Gasteiger partial charge on any atom is -0.399 e. The third-order valence-corrected chi connectivity index (χ3v) is 5.18. The second-order valence-electron chi connectivity index (χ2n) is 4.43. The Kier molecular flexibility index (Phi) is 3.93. The van der Waals surface area contributed by atoms with Crippen LogP contribution in [-0.2, 0) is 16.6 Å². The average Bonchev–Trinajstić information content (AvgIpc) is 2.71. The number of anilines is 1. The topological polar surface area (TPSA) is 72.2 Å². The van der Waals surface area contributed by atoms with Gasteiger partial charge in [-0.05, 0) is 54.6 Å². The highest BCUT2D eigenvalue weighted by Gasteiger charge is 2.15. The van der Waals surface area contributed by atoms with Gasteiger partial charge in [-0.25, -0.2) is 13.1 Å². The molecule has 0 radical (unpaired) electrons. The van der Waals surface area contributed by atoms with Crippen molar-refractivity contribution in [3.05, 3.63) is 45.6 Å². The van der Waals surface area contributed by atoms with Gasteiger partial charge >= 0.3 is 0 Å². The Balaban J connectivity index is 2.21. The fourth-order valence-electron chi connectivity index (χ4n) is 1.76. The molecule has 2 rings (SSSR count). The first-order chi connectivity index (χ1) is 8.88. The number of thiophene rings is 1. The van der Waals surface area contributed by atoms with Gasteiger partial charge < -0.3 is 5.73 Å². The molecular weight excluding hydrogens is 280 g/mol. The Hall–Kier alpha value is -1.37. The molecule has 0 aliphatic carbocycles. The van der Waals surface area contributed by atoms with Crippen LogP contribution in [0.25, 0.3) is 0 Å². The molecule has 0 fully saturated rings. The first-order valence-electron chi connectivity index (χ1n) is 5.78. The van der Waals surface area contributed by atoms with Crippen molar-refractivity contribution in [2.45, 2.75) is 25.3 Å². The number of nitrogen functional groups attached to an aromatic ring is 1. The molecule has 0 saturated carbocycles. The first-order valence-corrected chi connectivity index (χ1v) is 8.14. The van der Waals surface area contributed by atoms with Crippen LogP contribution in [-0.4, -0.2) is 8.42 Å². The van der Waals surface area contributed by atoms with Crippen molar-refractivity contribution >= 4 is 27.0 Å². The molecule has 4 nitrogen and oxygen atoms in total. The van der Waals surface area contributed by atoms with Crippen molar-refractivity contribution in [3.63, 3.8) is 0 Å². The molecule has 3 N–H and O–H groups in total. The molecule has 1 aromatic carbocycles. The van der Waals surface area contributed by atoms with Crippen LogP contribution in [0.3, 0.4) is 0 Å². The van der Waals surface area contributed by atoms with E-state index in [1.807, 2.05) is 25.3 Å². The number of nitrogens with two attached hydrogens (primary N) is 1. The number of rotatable bonds is 4. The predicted molar refractivity (Wildman–Crippen MR) is 78.7 cm³/mol. The lowest BCUT2D eigenvalue weighted by atomic mass is 10.2. The minimum absolute atomic E-state index is 0.208. The molecule has 0 aliphatic heterocycles. The Labute approximate surface area is 117 Å². The van der Waals surface area contributed by atoms with Crippen molar-refractivity contribution < 1.29 is 8.42 Å². The summed E-state index contributed by atoms with van der Waals surface area (Å²) in [4.78, 5) is 1.23. The van der Waals surface area contributed by atoms with Gasteiger partial charge in [-0.15, -0.1) is 11.3 Å². The first kappa shape index (κ1) is 14.0. The number of aryl methyl sites for hydroxylation is 2. The van der Waals surface area contributed by atoms with Gasteiger partial charge in [-0.3, -0.25) is 0 Å². The van der Waals surface area contributed by atoms with Crippen molar-refractivity contribution in [2.24, 2.45) is 0 Å². The maximum absolute atomic E-state index is 12.2. The number of hydrogen-bond acceptors (Lipinski definition) is 4. The Morgan fingerprint density at radius 3 is 2.58 bits per heavy atom. The van der Waals surface area contributed by atoms with E-state index in [0.29, 0.717) is 12.2 Å². The van der Waals surface area contributed by atoms with E-state index in [0.717, 1.165) is 16.0 Å². The molecule has 2 aromatic rings. The van der Waals surface area contributed by atoms with E-state index in [4.69, 9.17) is 5.73 Å². The molecule has 0 aliphatic rings. The van der Waals surface area contributed by atoms with Gasteiger partial charge in [0, 0.05) is 17.1 Å². The fraction of sp³-hybridized carbons (Fsp3) is 0.231. The van der Waals surface area contributed by atoms with Crippen molar-refractivity contribution in [1.29, 1.82) is 0 Å². The zero-order valence-electron chi connectivity index (χ0n) is 10.8. The normalized spacial score (nSPS) is 11.7. The van der Waals surface area contributed by atoms with Crippen LogP contribution in [0.4, 0.5) is 5.69 Å². The van der Waals surface area contributed by atoms with Crippen LogP contribution in [0, 0.1) is 13.8 Å². The summed E-state index contributed by atoms with van der Waals surface area (Å²) in [6.45, 7) is 4.09. The molecule has 0 atom stereocenters. The monoisotopic (exact) mass is 296 g/mol. The number of nitrogens with one attached hydrogen (secondary N) is 1. The number of hydrogen-bond donors (Lipinski definition) is 2. The van der Waals surface area contributed by atoms with Crippen molar-refractivity contribution in [1.82, 2.24) is 4.72 Å². The summed E-state index contributed by atoms with van der Waals surface area (Å²) in [7, 11) is -3.52. The van der Waals surface area contributed by atoms with Gasteiger partial charge in [-0.2, -0.15) is 0 Å². The van der Waals surface area contributed by atoms with E-state index >= 15 is 0 Å². The van der Waals surface area contributed by atoms with Gasteiger partial charge in [0.1, 0.15) is 0 Å². The third-order valence-electron chi connectivity index (χ3n) is 2.77. The average molecular weight is 296 g/mol. The molecule has 0 unspecified atom stereocenters. The minimum atomic E-state index is -3.52. The zero-order valence-corrected chi connectivity index (χ0v) is 12.4. The van der Waals surface area contributed by atoms with Gasteiger partial charge in [0.25, 0.3) is 0 Å². The summed E-state index contributed by atoms with van der Waals surface area (Å²) in [5.41, 5.74) is 8.05. The number of sulfonamides is 1. The highest BCUT2D eigenvalue weighted by Crippen LogP contribution is 2.19. The lowest BCUT2D eigenvalue weighted by Crippen LogP contribution is -2.23. The molecule has 0 bridgehead atoms. The standard InChI is InChI=1S/C13H16N2O2S2/c1-9-5-11(14)7-12(6-9)19(16,17)15-8-13-10(2)3-4-18-13/h3-7,15H,8,14H2,1-2H3. The summed E-state index contributed by atoms with van der Waals surface area (Å²) >= 11 is 1.54. The molecule has 1 aromatic heterocycles. The van der Waals surface area contributed by atoms with E-state index in [9.17, 15) is 8.42 Å². The summed E-state index contributed by atoms with van der Waals surface area (Å²) < 4.78 is 27.0. The maximum atomic E-state index is 12.2. The highest BCUT2D eigenvalue weighted by molar-refractivity contribution is 7.89. The SMILES string of the molecule is Cc1cc(N)cc(S(=O)(=O)NCc2sccc2C)c1. The van der Waals surface area contributed by atoms with E-state index in [2.05, 4.69) is 4.72 Å². The van der Waals surface area contributed by atoms with Gasteiger partial charge in [0.05, 0.1) is 4.90 Å². The van der Waals surface area contributed by atoms with Gasteiger partial charge in [-0.1, -0.05) is 0 Å². The Morgan fingerprint density at radius 2 is 2.00 bits per heavy atom. The van der Waals surface area contributed by atoms with Crippen LogP contribution in [0.2, 0.25) is 0 Å². The lowest BCUT2D eigenvalue weighted by Gasteiger charge is -2.08. The molecule has 6 heteroatoms. The molecule has 0 saturated heterocycles. The van der Waals surface area contributed by atoms with Crippen molar-refractivity contribution in [2.75, 3.05) is 5.73 Å². The zero-order chi connectivity index (χ0) is 14.0. The smallest absolute Gasteiger partial charge is 0.240 e. The second-order valence-corrected chi connectivity index (χ2v) is 7.20. The summed E-state index contributed by atoms with van der Waals surface area (Å²) in [6.07, 6.45) is 0. The van der Waals surface area contributed by atoms with Crippen LogP contribution in [0.5, 0.6) is 0 Å². The third kappa shape index (κ3) is 3.34. The summed E-state index contributed by atoms with van der Waals surface area (Å²) in [5, 5.41) is 1.95. The summed E-state index contributed by atoms with van der Waals surface area (Å²) in [6, 6.07) is 6.79. The van der Waals surface area contributed by atoms with E-state index < -0.39 is 10.0 Å². The molecule has 102 valence electrons. The van der Waals surface area contributed by atoms with E-state index in [1.165, 1.54) is 6.07 Å². The maximum Gasteiger partial charge on any atom is 0.240 e. The van der Waals surface area contributed by atoms with Crippen molar-refractivity contribution in [3.8, 4) is 0 Å². The quantitative estimate of drug-likeness (QED) is 0.851. The van der Waals surface area contributed by atoms with Crippen LogP contribution in [0.15, 0.2) is 34.5 Å². The Bertz CT molecular complexity index is 670. The molecule has 19 heavy (non-hydrogen) atoms. The fourth-order valence-corrected chi connectivity index (χ4v) is 3.83. The summed E-state index contributed by atoms with van der Waals surface area (Å²) in [5.74, 6) is 0.